The summed E-state index contributed by atoms with van der Waals surface area (Å²) in [6.45, 7) is 9.88. The highest BCUT2D eigenvalue weighted by molar-refractivity contribution is 5.76. The van der Waals surface area contributed by atoms with Gasteiger partial charge in [0.05, 0.1) is 18.4 Å². The van der Waals surface area contributed by atoms with Crippen LogP contribution in [-0.2, 0) is 16.6 Å². The number of aryl methyl sites for hydroxylation is 1. The Morgan fingerprint density at radius 3 is 2.62 bits per heavy atom. The second-order valence-electron chi connectivity index (χ2n) is 7.27. The minimum atomic E-state index is -0.229. The molecule has 136 valence electrons. The number of rotatable bonds is 4. The van der Waals surface area contributed by atoms with Crippen molar-refractivity contribution >= 4 is 11.7 Å². The quantitative estimate of drug-likeness (QED) is 0.372. The Morgan fingerprint density at radius 1 is 1.15 bits per heavy atom. The lowest BCUT2D eigenvalue weighted by molar-refractivity contribution is -0.135. The molecule has 0 amide bonds. The minimum absolute atomic E-state index is 0.157. The zero-order valence-electron chi connectivity index (χ0n) is 15.3. The summed E-state index contributed by atoms with van der Waals surface area (Å²) in [5, 5.41) is 0. The molecule has 1 aliphatic rings. The molecule has 0 fully saturated rings. The number of carbonyl (C=O) groups is 1. The van der Waals surface area contributed by atoms with Crippen molar-refractivity contribution in [3.05, 3.63) is 54.3 Å². The summed E-state index contributed by atoms with van der Waals surface area (Å²) in [4.78, 5) is 11.6. The first-order chi connectivity index (χ1) is 12.3. The lowest BCUT2D eigenvalue weighted by Gasteiger charge is -2.26. The van der Waals surface area contributed by atoms with E-state index >= 15 is 0 Å². The Balaban J connectivity index is 2.06. The fourth-order valence-corrected chi connectivity index (χ4v) is 2.87. The van der Waals surface area contributed by atoms with Crippen LogP contribution in [0.4, 0.5) is 5.69 Å². The van der Waals surface area contributed by atoms with Crippen molar-refractivity contribution in [1.82, 2.24) is 0 Å². The van der Waals surface area contributed by atoms with E-state index in [1.54, 1.807) is 24.3 Å². The van der Waals surface area contributed by atoms with Crippen molar-refractivity contribution in [3.8, 4) is 23.0 Å². The molecule has 0 saturated carbocycles. The fourth-order valence-electron chi connectivity index (χ4n) is 2.87. The van der Waals surface area contributed by atoms with E-state index in [2.05, 4.69) is 33.4 Å². The maximum Gasteiger partial charge on any atom is 0.311 e. The average Bonchev–Trinajstić information content (AvgIpc) is 2.56. The molecule has 5 heteroatoms. The van der Waals surface area contributed by atoms with Gasteiger partial charge in [0.1, 0.15) is 17.2 Å². The number of hydrogen-bond acceptors (Lipinski definition) is 5. The summed E-state index contributed by atoms with van der Waals surface area (Å²) in [5.41, 5.74) is 8.42. The highest BCUT2D eigenvalue weighted by Gasteiger charge is 2.26. The third-order valence-electron chi connectivity index (χ3n) is 4.22. The lowest BCUT2D eigenvalue weighted by atomic mass is 9.84. The second-order valence-corrected chi connectivity index (χ2v) is 7.27. The van der Waals surface area contributed by atoms with Crippen LogP contribution in [0, 0.1) is 0 Å². The van der Waals surface area contributed by atoms with Crippen molar-refractivity contribution < 1.29 is 19.0 Å². The summed E-state index contributed by atoms with van der Waals surface area (Å²) < 4.78 is 16.8. The van der Waals surface area contributed by atoms with Gasteiger partial charge in [-0.1, -0.05) is 27.4 Å². The summed E-state index contributed by atoms with van der Waals surface area (Å²) in [6, 6.07) is 8.98. The molecule has 0 atom stereocenters. The van der Waals surface area contributed by atoms with Crippen molar-refractivity contribution in [2.45, 2.75) is 39.0 Å². The van der Waals surface area contributed by atoms with Crippen molar-refractivity contribution in [2.75, 3.05) is 5.73 Å². The Kier molecular flexibility index (Phi) is 4.64. The minimum Gasteiger partial charge on any atom is -0.465 e. The van der Waals surface area contributed by atoms with E-state index in [0.717, 1.165) is 11.1 Å². The molecule has 26 heavy (non-hydrogen) atoms. The molecule has 1 aliphatic heterocycles. The zero-order chi connectivity index (χ0) is 18.9. The maximum absolute atomic E-state index is 11.6. The topological polar surface area (TPSA) is 70.8 Å². The van der Waals surface area contributed by atoms with E-state index in [1.165, 1.54) is 6.26 Å². The van der Waals surface area contributed by atoms with Crippen LogP contribution in [0.1, 0.15) is 38.3 Å². The highest BCUT2D eigenvalue weighted by atomic mass is 16.5. The standard InChI is InChI=1S/C21H23NO4/c1-5-24-14-7-8-16(22)19(11-14)25-18-12-17-13(6-9-20(23)26-17)10-15(18)21(2,3)4/h5,7-8,10-12H,1,6,9,22H2,2-4H3. The first kappa shape index (κ1) is 17.9. The van der Waals surface area contributed by atoms with Gasteiger partial charge >= 0.3 is 5.97 Å². The molecule has 5 nitrogen and oxygen atoms in total. The number of nitrogens with two attached hydrogens (primary N) is 1. The van der Waals surface area contributed by atoms with Crippen LogP contribution in [-0.4, -0.2) is 5.97 Å². The molecule has 0 aliphatic carbocycles. The van der Waals surface area contributed by atoms with Crippen LogP contribution in [0.15, 0.2) is 43.2 Å². The molecule has 3 rings (SSSR count). The van der Waals surface area contributed by atoms with Gasteiger partial charge in [0.2, 0.25) is 0 Å². The van der Waals surface area contributed by atoms with E-state index in [0.29, 0.717) is 41.5 Å². The predicted molar refractivity (Wildman–Crippen MR) is 101 cm³/mol. The summed E-state index contributed by atoms with van der Waals surface area (Å²) in [5.74, 6) is 1.96. The van der Waals surface area contributed by atoms with Crippen LogP contribution in [0.2, 0.25) is 0 Å². The van der Waals surface area contributed by atoms with Crippen LogP contribution >= 0.6 is 0 Å². The molecule has 0 bridgehead atoms. The predicted octanol–water partition coefficient (Wildman–Crippen LogP) is 4.73. The molecule has 0 spiro atoms. The normalized spacial score (nSPS) is 13.6. The summed E-state index contributed by atoms with van der Waals surface area (Å²) in [7, 11) is 0. The number of carbonyl (C=O) groups excluding carboxylic acids is 1. The molecule has 2 N–H and O–H groups in total. The van der Waals surface area contributed by atoms with Gasteiger partial charge in [-0.15, -0.1) is 0 Å². The van der Waals surface area contributed by atoms with E-state index in [4.69, 9.17) is 19.9 Å². The van der Waals surface area contributed by atoms with Crippen molar-refractivity contribution in [1.29, 1.82) is 0 Å². The lowest BCUT2D eigenvalue weighted by Crippen LogP contribution is -2.19. The number of benzene rings is 2. The molecular formula is C21H23NO4. The van der Waals surface area contributed by atoms with Gasteiger partial charge < -0.3 is 19.9 Å². The van der Waals surface area contributed by atoms with E-state index < -0.39 is 0 Å². The molecular weight excluding hydrogens is 330 g/mol. The number of nitrogen functional groups attached to an aromatic ring is 1. The van der Waals surface area contributed by atoms with Gasteiger partial charge in [-0.25, -0.2) is 0 Å². The van der Waals surface area contributed by atoms with Crippen LogP contribution in [0.3, 0.4) is 0 Å². The maximum atomic E-state index is 11.6. The number of hydrogen-bond donors (Lipinski definition) is 1. The molecule has 0 unspecified atom stereocenters. The van der Waals surface area contributed by atoms with E-state index in [9.17, 15) is 4.79 Å². The van der Waals surface area contributed by atoms with Gasteiger partial charge in [-0.05, 0) is 35.6 Å². The first-order valence-corrected chi connectivity index (χ1v) is 8.51. The third kappa shape index (κ3) is 3.67. The first-order valence-electron chi connectivity index (χ1n) is 8.51. The molecule has 0 aromatic heterocycles. The molecule has 1 heterocycles. The van der Waals surface area contributed by atoms with Crippen molar-refractivity contribution in [3.63, 3.8) is 0 Å². The average molecular weight is 353 g/mol. The fraction of sp³-hybridized carbons (Fsp3) is 0.286. The molecule has 2 aromatic carbocycles. The van der Waals surface area contributed by atoms with Gasteiger partial charge in [0.15, 0.2) is 5.75 Å². The molecule has 0 radical (unpaired) electrons. The third-order valence-corrected chi connectivity index (χ3v) is 4.22. The second kappa shape index (κ2) is 6.75. The number of fused-ring (bicyclic) bond motifs is 1. The smallest absolute Gasteiger partial charge is 0.311 e. The van der Waals surface area contributed by atoms with Crippen LogP contribution < -0.4 is 19.9 Å². The number of anilines is 1. The Morgan fingerprint density at radius 2 is 1.92 bits per heavy atom. The summed E-state index contributed by atoms with van der Waals surface area (Å²) >= 11 is 0. The van der Waals surface area contributed by atoms with Gasteiger partial charge in [0.25, 0.3) is 0 Å². The zero-order valence-corrected chi connectivity index (χ0v) is 15.3. The molecule has 0 saturated heterocycles. The number of ether oxygens (including phenoxy) is 3. The molecule has 2 aromatic rings. The largest absolute Gasteiger partial charge is 0.465 e. The number of esters is 1. The van der Waals surface area contributed by atoms with E-state index in [1.807, 2.05) is 0 Å². The highest BCUT2D eigenvalue weighted by Crippen LogP contribution is 2.42. The van der Waals surface area contributed by atoms with Crippen LogP contribution in [0.25, 0.3) is 0 Å². The van der Waals surface area contributed by atoms with Gasteiger partial charge in [-0.3, -0.25) is 4.79 Å². The van der Waals surface area contributed by atoms with E-state index in [-0.39, 0.29) is 11.4 Å². The summed E-state index contributed by atoms with van der Waals surface area (Å²) in [6.07, 6.45) is 2.40. The van der Waals surface area contributed by atoms with Gasteiger partial charge in [-0.2, -0.15) is 0 Å². The Hall–Kier alpha value is -2.95. The Labute approximate surface area is 153 Å². The SMILES string of the molecule is C=COc1ccc(N)c(Oc2cc3c(cc2C(C)(C)C)CCC(=O)O3)c1. The Bertz CT molecular complexity index is 865. The van der Waals surface area contributed by atoms with Crippen LogP contribution in [0.5, 0.6) is 23.0 Å². The van der Waals surface area contributed by atoms with Crippen molar-refractivity contribution in [2.24, 2.45) is 0 Å². The monoisotopic (exact) mass is 353 g/mol. The van der Waals surface area contributed by atoms with Gasteiger partial charge in [0, 0.05) is 17.7 Å².